The number of aromatic amines is 1. The molecule has 0 bridgehead atoms. The van der Waals surface area contributed by atoms with Crippen molar-refractivity contribution >= 4 is 5.91 Å². The van der Waals surface area contributed by atoms with E-state index in [9.17, 15) is 9.18 Å². The molecular formula is C19H27FN4O2. The van der Waals surface area contributed by atoms with Crippen molar-refractivity contribution in [3.63, 3.8) is 0 Å². The molecule has 0 saturated heterocycles. The quantitative estimate of drug-likeness (QED) is 0.638. The first-order valence-corrected chi connectivity index (χ1v) is 8.95. The number of aromatic nitrogens is 2. The summed E-state index contributed by atoms with van der Waals surface area (Å²) in [6.45, 7) is 10.4. The van der Waals surface area contributed by atoms with Gasteiger partial charge in [0.25, 0.3) is 5.91 Å². The molecule has 2 N–H and O–H groups in total. The molecule has 0 fully saturated rings. The summed E-state index contributed by atoms with van der Waals surface area (Å²) in [4.78, 5) is 14.4. The lowest BCUT2D eigenvalue weighted by Crippen LogP contribution is -2.30. The second kappa shape index (κ2) is 10.0. The van der Waals surface area contributed by atoms with Gasteiger partial charge < -0.3 is 15.0 Å². The molecule has 0 aliphatic heterocycles. The number of nitrogens with zero attached hydrogens (tertiary/aromatic N) is 2. The van der Waals surface area contributed by atoms with Gasteiger partial charge in [-0.25, -0.2) is 4.39 Å². The zero-order valence-electron chi connectivity index (χ0n) is 15.6. The summed E-state index contributed by atoms with van der Waals surface area (Å²) >= 11 is 0. The Morgan fingerprint density at radius 2 is 2.04 bits per heavy atom. The number of amides is 1. The Balaban J connectivity index is 1.76. The Morgan fingerprint density at radius 3 is 2.73 bits per heavy atom. The topological polar surface area (TPSA) is 70.2 Å². The largest absolute Gasteiger partial charge is 0.378 e. The molecule has 142 valence electrons. The number of carbonyl (C=O) groups excluding carboxylic acids is 1. The highest BCUT2D eigenvalue weighted by atomic mass is 19.1. The van der Waals surface area contributed by atoms with E-state index in [4.69, 9.17) is 4.74 Å². The van der Waals surface area contributed by atoms with Crippen LogP contribution in [0.25, 0.3) is 11.3 Å². The first kappa shape index (κ1) is 20.1. The van der Waals surface area contributed by atoms with Crippen LogP contribution in [-0.4, -0.2) is 60.4 Å². The molecule has 1 heterocycles. The van der Waals surface area contributed by atoms with Gasteiger partial charge >= 0.3 is 0 Å². The minimum Gasteiger partial charge on any atom is -0.378 e. The van der Waals surface area contributed by atoms with Crippen molar-refractivity contribution in [1.82, 2.24) is 20.4 Å². The van der Waals surface area contributed by atoms with Crippen LogP contribution in [0.15, 0.2) is 24.3 Å². The average Bonchev–Trinajstić information content (AvgIpc) is 3.13. The maximum absolute atomic E-state index is 13.4. The Morgan fingerprint density at radius 1 is 1.27 bits per heavy atom. The number of benzene rings is 1. The first-order chi connectivity index (χ1) is 12.5. The van der Waals surface area contributed by atoms with E-state index in [1.165, 1.54) is 6.07 Å². The van der Waals surface area contributed by atoms with Crippen LogP contribution in [0.5, 0.6) is 0 Å². The number of ether oxygens (including phenoxy) is 1. The molecule has 0 aliphatic rings. The number of rotatable bonds is 10. The fourth-order valence-corrected chi connectivity index (χ4v) is 2.56. The number of H-pyrrole nitrogens is 1. The maximum Gasteiger partial charge on any atom is 0.269 e. The van der Waals surface area contributed by atoms with Gasteiger partial charge in [0, 0.05) is 18.7 Å². The van der Waals surface area contributed by atoms with Crippen LogP contribution in [0.4, 0.5) is 4.39 Å². The van der Waals surface area contributed by atoms with Crippen LogP contribution in [0, 0.1) is 12.7 Å². The fraction of sp³-hybridized carbons (Fsp3) is 0.474. The molecular weight excluding hydrogens is 335 g/mol. The zero-order chi connectivity index (χ0) is 18.9. The summed E-state index contributed by atoms with van der Waals surface area (Å²) in [6.07, 6.45) is 0. The predicted molar refractivity (Wildman–Crippen MR) is 99.7 cm³/mol. The van der Waals surface area contributed by atoms with E-state index in [1.807, 2.05) is 0 Å². The number of hydrogen-bond donors (Lipinski definition) is 2. The summed E-state index contributed by atoms with van der Waals surface area (Å²) in [7, 11) is 0. The van der Waals surface area contributed by atoms with Crippen LogP contribution in [-0.2, 0) is 4.74 Å². The average molecular weight is 362 g/mol. The van der Waals surface area contributed by atoms with Crippen molar-refractivity contribution in [3.8, 4) is 11.3 Å². The number of likely N-dealkylation sites (N-methyl/N-ethyl adjacent to an activating group) is 1. The van der Waals surface area contributed by atoms with E-state index in [2.05, 4.69) is 34.3 Å². The Labute approximate surface area is 153 Å². The van der Waals surface area contributed by atoms with E-state index < -0.39 is 0 Å². The van der Waals surface area contributed by atoms with Gasteiger partial charge in [0.2, 0.25) is 0 Å². The number of hydrogen-bond acceptors (Lipinski definition) is 4. The number of halogens is 1. The van der Waals surface area contributed by atoms with Crippen LogP contribution in [0.3, 0.4) is 0 Å². The zero-order valence-corrected chi connectivity index (χ0v) is 15.6. The van der Waals surface area contributed by atoms with Crippen LogP contribution < -0.4 is 5.32 Å². The normalized spacial score (nSPS) is 11.1. The van der Waals surface area contributed by atoms with Gasteiger partial charge in [0.1, 0.15) is 11.5 Å². The Bertz CT molecular complexity index is 713. The van der Waals surface area contributed by atoms with Crippen LogP contribution in [0.2, 0.25) is 0 Å². The third-order valence-electron chi connectivity index (χ3n) is 4.25. The highest BCUT2D eigenvalue weighted by molar-refractivity contribution is 5.93. The highest BCUT2D eigenvalue weighted by Gasteiger charge is 2.11. The van der Waals surface area contributed by atoms with Gasteiger partial charge in [-0.05, 0) is 49.8 Å². The fourth-order valence-electron chi connectivity index (χ4n) is 2.56. The minimum absolute atomic E-state index is 0.241. The molecule has 1 aromatic carbocycles. The molecule has 0 spiro atoms. The van der Waals surface area contributed by atoms with Gasteiger partial charge in [0.05, 0.1) is 18.9 Å². The van der Waals surface area contributed by atoms with Crippen molar-refractivity contribution < 1.29 is 13.9 Å². The second-order valence-corrected chi connectivity index (χ2v) is 6.03. The highest BCUT2D eigenvalue weighted by Crippen LogP contribution is 2.20. The van der Waals surface area contributed by atoms with Crippen molar-refractivity contribution in [2.24, 2.45) is 0 Å². The molecule has 7 heteroatoms. The van der Waals surface area contributed by atoms with Crippen molar-refractivity contribution in [2.45, 2.75) is 20.8 Å². The first-order valence-electron chi connectivity index (χ1n) is 8.95. The monoisotopic (exact) mass is 362 g/mol. The minimum atomic E-state index is -0.261. The molecule has 0 unspecified atom stereocenters. The van der Waals surface area contributed by atoms with E-state index in [0.29, 0.717) is 36.7 Å². The van der Waals surface area contributed by atoms with Gasteiger partial charge in [-0.3, -0.25) is 9.89 Å². The van der Waals surface area contributed by atoms with Crippen molar-refractivity contribution in [2.75, 3.05) is 39.4 Å². The Kier molecular flexibility index (Phi) is 7.74. The predicted octanol–water partition coefficient (Wildman–Crippen LogP) is 2.61. The summed E-state index contributed by atoms with van der Waals surface area (Å²) in [5, 5.41) is 9.64. The third kappa shape index (κ3) is 5.64. The number of carbonyl (C=O) groups is 1. The van der Waals surface area contributed by atoms with Crippen LogP contribution in [0.1, 0.15) is 29.9 Å². The van der Waals surface area contributed by atoms with Crippen LogP contribution >= 0.6 is 0 Å². The lowest BCUT2D eigenvalue weighted by atomic mass is 10.1. The van der Waals surface area contributed by atoms with E-state index >= 15 is 0 Å². The molecule has 1 amide bonds. The molecule has 2 rings (SSSR count). The number of aryl methyl sites for hydroxylation is 1. The summed E-state index contributed by atoms with van der Waals surface area (Å²) < 4.78 is 18.9. The molecule has 26 heavy (non-hydrogen) atoms. The lowest BCUT2D eigenvalue weighted by molar-refractivity contribution is 0.0880. The van der Waals surface area contributed by atoms with E-state index in [0.717, 1.165) is 25.2 Å². The molecule has 1 aromatic heterocycles. The van der Waals surface area contributed by atoms with E-state index in [-0.39, 0.29) is 11.7 Å². The molecule has 0 aliphatic carbocycles. The SMILES string of the molecule is CCN(CC)CCOCCNC(=O)c1cc(-c2ccc(F)c(C)c2)n[nH]1. The lowest BCUT2D eigenvalue weighted by Gasteiger charge is -2.17. The van der Waals surface area contributed by atoms with Gasteiger partial charge in [-0.15, -0.1) is 0 Å². The van der Waals surface area contributed by atoms with Gasteiger partial charge in [-0.2, -0.15) is 5.10 Å². The Hall–Kier alpha value is -2.25. The standard InChI is InChI=1S/C19H27FN4O2/c1-4-24(5-2)9-11-26-10-8-21-19(25)18-13-17(22-23-18)15-6-7-16(20)14(3)12-15/h6-7,12-13H,4-5,8-11H2,1-3H3,(H,21,25)(H,22,23). The van der Waals surface area contributed by atoms with Gasteiger partial charge in [0.15, 0.2) is 0 Å². The molecule has 2 aromatic rings. The molecule has 0 atom stereocenters. The molecule has 6 nitrogen and oxygen atoms in total. The number of nitrogens with one attached hydrogen (secondary N) is 2. The molecule has 0 radical (unpaired) electrons. The van der Waals surface area contributed by atoms with Crippen molar-refractivity contribution in [1.29, 1.82) is 0 Å². The molecule has 0 saturated carbocycles. The second-order valence-electron chi connectivity index (χ2n) is 6.03. The van der Waals surface area contributed by atoms with Crippen molar-refractivity contribution in [3.05, 3.63) is 41.3 Å². The van der Waals surface area contributed by atoms with Gasteiger partial charge in [-0.1, -0.05) is 13.8 Å². The smallest absolute Gasteiger partial charge is 0.269 e. The summed E-state index contributed by atoms with van der Waals surface area (Å²) in [6, 6.07) is 6.40. The van der Waals surface area contributed by atoms with E-state index in [1.54, 1.807) is 25.1 Å². The third-order valence-corrected chi connectivity index (χ3v) is 4.25. The summed E-state index contributed by atoms with van der Waals surface area (Å²) in [5.74, 6) is -0.502. The summed E-state index contributed by atoms with van der Waals surface area (Å²) in [5.41, 5.74) is 2.27. The maximum atomic E-state index is 13.4.